The van der Waals surface area contributed by atoms with Crippen LogP contribution in [0.25, 0.3) is 55.8 Å². The fourth-order valence-electron chi connectivity index (χ4n) is 3.75. The number of aromatic amines is 2. The van der Waals surface area contributed by atoms with Gasteiger partial charge in [0.1, 0.15) is 11.5 Å². The number of fused-ring (bicyclic) bond motifs is 2. The molecule has 0 aliphatic rings. The van der Waals surface area contributed by atoms with Gasteiger partial charge in [0.25, 0.3) is 0 Å². The molecule has 5 heterocycles. The lowest BCUT2D eigenvalue weighted by molar-refractivity contribution is 0.643. The summed E-state index contributed by atoms with van der Waals surface area (Å²) in [6, 6.07) is 9.13. The first-order valence-corrected chi connectivity index (χ1v) is 10.4. The number of nitrogens with zero attached hydrogens (tertiary/aromatic N) is 4. The second-order valence-electron chi connectivity index (χ2n) is 7.08. The number of hydrogen-bond acceptors (Lipinski definition) is 6. The number of thiophene rings is 1. The van der Waals surface area contributed by atoms with Crippen molar-refractivity contribution in [3.8, 4) is 33.8 Å². The Labute approximate surface area is 178 Å². The Kier molecular flexibility index (Phi) is 3.84. The molecule has 0 amide bonds. The summed E-state index contributed by atoms with van der Waals surface area (Å²) in [7, 11) is 0. The van der Waals surface area contributed by atoms with Gasteiger partial charge in [-0.05, 0) is 46.7 Å². The first-order valence-electron chi connectivity index (χ1n) is 9.44. The van der Waals surface area contributed by atoms with E-state index in [-0.39, 0.29) is 0 Å². The average molecular weight is 427 g/mol. The standard InChI is InChI=1S/C22H14FN7S/c23-18-14(12-7-13(24)9-25-8-12)1-2-16-17(18)20(30-29-16)22-27-19-15(11-4-6-31-10-11)3-5-26-21(19)28-22/h1-10H,24H2,(H,29,30)(H,26,27,28). The van der Waals surface area contributed by atoms with Crippen molar-refractivity contribution in [1.29, 1.82) is 0 Å². The number of rotatable bonds is 3. The summed E-state index contributed by atoms with van der Waals surface area (Å²) < 4.78 is 15.6. The van der Waals surface area contributed by atoms with E-state index >= 15 is 4.39 Å². The Morgan fingerprint density at radius 3 is 2.81 bits per heavy atom. The third-order valence-corrected chi connectivity index (χ3v) is 5.87. The molecular formula is C22H14FN7S. The van der Waals surface area contributed by atoms with Gasteiger partial charge in [-0.3, -0.25) is 10.1 Å². The Morgan fingerprint density at radius 2 is 1.97 bits per heavy atom. The topological polar surface area (TPSA) is 109 Å². The molecule has 0 atom stereocenters. The molecule has 9 heteroatoms. The van der Waals surface area contributed by atoms with Crippen LogP contribution in [-0.2, 0) is 0 Å². The van der Waals surface area contributed by atoms with Crippen LogP contribution in [0.4, 0.5) is 10.1 Å². The van der Waals surface area contributed by atoms with E-state index in [0.29, 0.717) is 44.9 Å². The van der Waals surface area contributed by atoms with Crippen LogP contribution in [0.3, 0.4) is 0 Å². The molecular weight excluding hydrogens is 413 g/mol. The number of anilines is 1. The van der Waals surface area contributed by atoms with E-state index in [4.69, 9.17) is 5.73 Å². The molecule has 4 N–H and O–H groups in total. The van der Waals surface area contributed by atoms with Crippen molar-refractivity contribution >= 4 is 39.1 Å². The number of imidazole rings is 1. The predicted octanol–water partition coefficient (Wildman–Crippen LogP) is 5.01. The van der Waals surface area contributed by atoms with Crippen LogP contribution in [0.15, 0.2) is 59.7 Å². The maximum absolute atomic E-state index is 15.6. The van der Waals surface area contributed by atoms with E-state index in [2.05, 4.69) is 35.5 Å². The predicted molar refractivity (Wildman–Crippen MR) is 120 cm³/mol. The number of nitrogens with one attached hydrogen (secondary N) is 2. The van der Waals surface area contributed by atoms with Crippen LogP contribution < -0.4 is 5.73 Å². The Morgan fingerprint density at radius 1 is 1.03 bits per heavy atom. The third kappa shape index (κ3) is 2.78. The lowest BCUT2D eigenvalue weighted by atomic mass is 10.0. The van der Waals surface area contributed by atoms with Crippen molar-refractivity contribution in [2.45, 2.75) is 0 Å². The third-order valence-electron chi connectivity index (χ3n) is 5.19. The van der Waals surface area contributed by atoms with Crippen LogP contribution in [0.5, 0.6) is 0 Å². The van der Waals surface area contributed by atoms with E-state index in [1.54, 1.807) is 41.9 Å². The smallest absolute Gasteiger partial charge is 0.178 e. The van der Waals surface area contributed by atoms with Crippen molar-refractivity contribution in [3.05, 3.63) is 65.5 Å². The second kappa shape index (κ2) is 6.71. The Hall–Kier alpha value is -4.11. The van der Waals surface area contributed by atoms with E-state index in [0.717, 1.165) is 16.6 Å². The SMILES string of the molecule is Nc1cncc(-c2ccc3[nH]nc(-c4nc5nccc(-c6ccsc6)c5[nH]4)c3c2F)c1. The summed E-state index contributed by atoms with van der Waals surface area (Å²) in [5.41, 5.74) is 11.6. The minimum absolute atomic E-state index is 0.344. The average Bonchev–Trinajstić information content (AvgIpc) is 3.52. The van der Waals surface area contributed by atoms with Crippen molar-refractivity contribution in [3.63, 3.8) is 0 Å². The Bertz CT molecular complexity index is 1570. The zero-order chi connectivity index (χ0) is 20.9. The molecule has 0 aliphatic carbocycles. The molecule has 0 saturated heterocycles. The van der Waals surface area contributed by atoms with Gasteiger partial charge in [0, 0.05) is 35.3 Å². The van der Waals surface area contributed by atoms with Gasteiger partial charge in [0.15, 0.2) is 11.5 Å². The van der Waals surface area contributed by atoms with Gasteiger partial charge >= 0.3 is 0 Å². The normalized spacial score (nSPS) is 11.5. The van der Waals surface area contributed by atoms with Crippen LogP contribution in [0, 0.1) is 5.82 Å². The highest BCUT2D eigenvalue weighted by Gasteiger charge is 2.20. The van der Waals surface area contributed by atoms with Crippen LogP contribution in [-0.4, -0.2) is 30.1 Å². The fraction of sp³-hybridized carbons (Fsp3) is 0. The van der Waals surface area contributed by atoms with Crippen LogP contribution in [0.2, 0.25) is 0 Å². The molecule has 150 valence electrons. The van der Waals surface area contributed by atoms with Crippen molar-refractivity contribution in [2.24, 2.45) is 0 Å². The second-order valence-corrected chi connectivity index (χ2v) is 7.86. The van der Waals surface area contributed by atoms with Crippen LogP contribution >= 0.6 is 11.3 Å². The van der Waals surface area contributed by atoms with E-state index in [1.807, 2.05) is 17.5 Å². The maximum atomic E-state index is 15.6. The zero-order valence-corrected chi connectivity index (χ0v) is 16.7. The molecule has 0 unspecified atom stereocenters. The molecule has 5 aromatic heterocycles. The first kappa shape index (κ1) is 17.7. The highest BCUT2D eigenvalue weighted by atomic mass is 32.1. The molecule has 6 rings (SSSR count). The van der Waals surface area contributed by atoms with Crippen molar-refractivity contribution in [2.75, 3.05) is 5.73 Å². The van der Waals surface area contributed by atoms with Gasteiger partial charge in [0.2, 0.25) is 0 Å². The van der Waals surface area contributed by atoms with E-state index in [9.17, 15) is 0 Å². The molecule has 0 saturated carbocycles. The number of aromatic nitrogens is 6. The molecule has 7 nitrogen and oxygen atoms in total. The lowest BCUT2D eigenvalue weighted by Gasteiger charge is -2.05. The number of pyridine rings is 2. The summed E-state index contributed by atoms with van der Waals surface area (Å²) in [5, 5.41) is 11.7. The van der Waals surface area contributed by atoms with E-state index in [1.165, 1.54) is 6.20 Å². The zero-order valence-electron chi connectivity index (χ0n) is 15.9. The summed E-state index contributed by atoms with van der Waals surface area (Å²) in [4.78, 5) is 16.3. The largest absolute Gasteiger partial charge is 0.397 e. The minimum Gasteiger partial charge on any atom is -0.397 e. The maximum Gasteiger partial charge on any atom is 0.178 e. The highest BCUT2D eigenvalue weighted by molar-refractivity contribution is 7.08. The summed E-state index contributed by atoms with van der Waals surface area (Å²) in [5.74, 6) is 0.0262. The van der Waals surface area contributed by atoms with Gasteiger partial charge in [-0.15, -0.1) is 0 Å². The molecule has 6 aromatic rings. The monoisotopic (exact) mass is 427 g/mol. The first-order chi connectivity index (χ1) is 15.2. The van der Waals surface area contributed by atoms with Crippen molar-refractivity contribution in [1.82, 2.24) is 30.1 Å². The molecule has 1 aromatic carbocycles. The van der Waals surface area contributed by atoms with E-state index < -0.39 is 5.82 Å². The highest BCUT2D eigenvalue weighted by Crippen LogP contribution is 2.35. The number of nitrogens with two attached hydrogens (primary N) is 1. The quantitative estimate of drug-likeness (QED) is 0.368. The summed E-state index contributed by atoms with van der Waals surface area (Å²) >= 11 is 1.62. The summed E-state index contributed by atoms with van der Waals surface area (Å²) in [6.07, 6.45) is 4.82. The van der Waals surface area contributed by atoms with Gasteiger partial charge in [-0.25, -0.2) is 14.4 Å². The van der Waals surface area contributed by atoms with Gasteiger partial charge in [-0.1, -0.05) is 0 Å². The molecule has 0 bridgehead atoms. The van der Waals surface area contributed by atoms with Gasteiger partial charge in [-0.2, -0.15) is 16.4 Å². The molecule has 0 radical (unpaired) electrons. The van der Waals surface area contributed by atoms with Gasteiger partial charge in [0.05, 0.1) is 22.1 Å². The number of benzene rings is 1. The number of hydrogen-bond donors (Lipinski definition) is 3. The Balaban J connectivity index is 1.56. The minimum atomic E-state index is -0.417. The molecule has 0 aliphatic heterocycles. The van der Waals surface area contributed by atoms with Crippen molar-refractivity contribution < 1.29 is 4.39 Å². The number of halogens is 1. The molecule has 31 heavy (non-hydrogen) atoms. The molecule has 0 spiro atoms. The summed E-state index contributed by atoms with van der Waals surface area (Å²) in [6.45, 7) is 0. The number of nitrogen functional groups attached to an aromatic ring is 1. The number of H-pyrrole nitrogens is 2. The molecule has 0 fully saturated rings. The lowest BCUT2D eigenvalue weighted by Crippen LogP contribution is -1.91. The fourth-order valence-corrected chi connectivity index (χ4v) is 4.41. The van der Waals surface area contributed by atoms with Crippen LogP contribution in [0.1, 0.15) is 0 Å². The van der Waals surface area contributed by atoms with Gasteiger partial charge < -0.3 is 10.7 Å².